The van der Waals surface area contributed by atoms with E-state index in [1.54, 1.807) is 4.68 Å². The Hall–Kier alpha value is -0.840. The third-order valence-corrected chi connectivity index (χ3v) is 3.54. The molecule has 5 heteroatoms. The number of hydrogen-bond donors (Lipinski definition) is 1. The van der Waals surface area contributed by atoms with Crippen LogP contribution < -0.4 is 5.73 Å². The summed E-state index contributed by atoms with van der Waals surface area (Å²) in [4.78, 5) is 1.11. The first-order valence-corrected chi connectivity index (χ1v) is 5.83. The molecule has 0 saturated heterocycles. The highest BCUT2D eigenvalue weighted by Gasteiger charge is 2.10. The molecule has 2 aromatic heterocycles. The molecule has 0 saturated carbocycles. The zero-order valence-corrected chi connectivity index (χ0v) is 9.92. The van der Waals surface area contributed by atoms with Crippen molar-refractivity contribution in [3.05, 3.63) is 39.3 Å². The van der Waals surface area contributed by atoms with E-state index in [0.717, 1.165) is 21.2 Å². The Morgan fingerprint density at radius 2 is 2.40 bits per heavy atom. The SMILES string of the molecule is Cn1cc(CC(N)c2ccc(Cl)s2)cn1. The molecule has 2 heterocycles. The van der Waals surface area contributed by atoms with E-state index in [9.17, 15) is 0 Å². The van der Waals surface area contributed by atoms with Crippen molar-refractivity contribution >= 4 is 22.9 Å². The van der Waals surface area contributed by atoms with Gasteiger partial charge in [-0.3, -0.25) is 4.68 Å². The maximum atomic E-state index is 6.06. The molecule has 0 bridgehead atoms. The highest BCUT2D eigenvalue weighted by molar-refractivity contribution is 7.16. The van der Waals surface area contributed by atoms with Gasteiger partial charge in [0.2, 0.25) is 0 Å². The van der Waals surface area contributed by atoms with Crippen molar-refractivity contribution in [3.8, 4) is 0 Å². The van der Waals surface area contributed by atoms with Gasteiger partial charge in [-0.05, 0) is 24.1 Å². The molecule has 2 aromatic rings. The van der Waals surface area contributed by atoms with Crippen LogP contribution in [0.1, 0.15) is 16.5 Å². The normalized spacial score (nSPS) is 13.0. The summed E-state index contributed by atoms with van der Waals surface area (Å²) in [6, 6.07) is 3.87. The predicted molar refractivity (Wildman–Crippen MR) is 63.2 cm³/mol. The van der Waals surface area contributed by atoms with Gasteiger partial charge in [0, 0.05) is 24.2 Å². The van der Waals surface area contributed by atoms with Crippen molar-refractivity contribution in [2.24, 2.45) is 12.8 Å². The van der Waals surface area contributed by atoms with Gasteiger partial charge in [-0.2, -0.15) is 5.10 Å². The van der Waals surface area contributed by atoms with E-state index in [4.69, 9.17) is 17.3 Å². The lowest BCUT2D eigenvalue weighted by molar-refractivity contribution is 0.732. The molecule has 0 radical (unpaired) electrons. The quantitative estimate of drug-likeness (QED) is 0.897. The Labute approximate surface area is 97.5 Å². The highest BCUT2D eigenvalue weighted by atomic mass is 35.5. The van der Waals surface area contributed by atoms with E-state index in [1.807, 2.05) is 31.6 Å². The Morgan fingerprint density at radius 3 is 2.93 bits per heavy atom. The van der Waals surface area contributed by atoms with Crippen molar-refractivity contribution in [1.29, 1.82) is 0 Å². The minimum Gasteiger partial charge on any atom is -0.323 e. The molecule has 0 aliphatic carbocycles. The lowest BCUT2D eigenvalue weighted by Crippen LogP contribution is -2.11. The fourth-order valence-corrected chi connectivity index (χ4v) is 2.52. The van der Waals surface area contributed by atoms with E-state index < -0.39 is 0 Å². The van der Waals surface area contributed by atoms with E-state index in [0.29, 0.717) is 0 Å². The maximum Gasteiger partial charge on any atom is 0.0931 e. The van der Waals surface area contributed by atoms with Crippen LogP contribution in [0, 0.1) is 0 Å². The summed E-state index contributed by atoms with van der Waals surface area (Å²) in [7, 11) is 1.90. The first-order valence-electron chi connectivity index (χ1n) is 4.63. The van der Waals surface area contributed by atoms with Crippen LogP contribution >= 0.6 is 22.9 Å². The zero-order valence-electron chi connectivity index (χ0n) is 8.35. The van der Waals surface area contributed by atoms with Crippen molar-refractivity contribution in [3.63, 3.8) is 0 Å². The minimum absolute atomic E-state index is 0.00620. The van der Waals surface area contributed by atoms with Crippen LogP contribution in [0.15, 0.2) is 24.5 Å². The van der Waals surface area contributed by atoms with Gasteiger partial charge in [0.05, 0.1) is 10.5 Å². The highest BCUT2D eigenvalue weighted by Crippen LogP contribution is 2.27. The lowest BCUT2D eigenvalue weighted by Gasteiger charge is -2.06. The number of nitrogens with two attached hydrogens (primary N) is 1. The second kappa shape index (κ2) is 4.35. The van der Waals surface area contributed by atoms with Gasteiger partial charge in [0.15, 0.2) is 0 Å². The monoisotopic (exact) mass is 241 g/mol. The molecule has 0 amide bonds. The zero-order chi connectivity index (χ0) is 10.8. The van der Waals surface area contributed by atoms with Crippen molar-refractivity contribution in [2.45, 2.75) is 12.5 Å². The molecular formula is C10H12ClN3S. The van der Waals surface area contributed by atoms with Crippen LogP contribution in [0.5, 0.6) is 0 Å². The molecule has 0 aliphatic rings. The number of hydrogen-bond acceptors (Lipinski definition) is 3. The Kier molecular flexibility index (Phi) is 3.09. The Balaban J connectivity index is 2.06. The molecule has 0 spiro atoms. The summed E-state index contributed by atoms with van der Waals surface area (Å²) in [6.45, 7) is 0. The standard InChI is InChI=1S/C10H12ClN3S/c1-14-6-7(5-13-14)4-8(12)9-2-3-10(11)15-9/h2-3,5-6,8H,4,12H2,1H3. The van der Waals surface area contributed by atoms with Crippen molar-refractivity contribution in [1.82, 2.24) is 9.78 Å². The average molecular weight is 242 g/mol. The molecule has 80 valence electrons. The maximum absolute atomic E-state index is 6.06. The predicted octanol–water partition coefficient (Wildman–Crippen LogP) is 2.38. The van der Waals surface area contributed by atoms with Crippen LogP contribution in [-0.4, -0.2) is 9.78 Å². The van der Waals surface area contributed by atoms with Crippen LogP contribution in [0.4, 0.5) is 0 Å². The summed E-state index contributed by atoms with van der Waals surface area (Å²) in [5, 5.41) is 4.11. The van der Waals surface area contributed by atoms with E-state index in [-0.39, 0.29) is 6.04 Å². The molecule has 2 N–H and O–H groups in total. The number of thiophene rings is 1. The summed E-state index contributed by atoms with van der Waals surface area (Å²) < 4.78 is 2.57. The lowest BCUT2D eigenvalue weighted by atomic mass is 10.1. The second-order valence-corrected chi connectivity index (χ2v) is 5.22. The van der Waals surface area contributed by atoms with E-state index in [1.165, 1.54) is 11.3 Å². The number of halogens is 1. The topological polar surface area (TPSA) is 43.8 Å². The molecular weight excluding hydrogens is 230 g/mol. The van der Waals surface area contributed by atoms with Crippen LogP contribution in [0.2, 0.25) is 4.34 Å². The summed E-state index contributed by atoms with van der Waals surface area (Å²) >= 11 is 7.39. The minimum atomic E-state index is 0.00620. The van der Waals surface area contributed by atoms with Gasteiger partial charge in [-0.1, -0.05) is 11.6 Å². The third kappa shape index (κ3) is 2.59. The van der Waals surface area contributed by atoms with Gasteiger partial charge in [0.1, 0.15) is 0 Å². The molecule has 1 atom stereocenters. The van der Waals surface area contributed by atoms with E-state index >= 15 is 0 Å². The largest absolute Gasteiger partial charge is 0.323 e. The fourth-order valence-electron chi connectivity index (χ4n) is 1.46. The summed E-state index contributed by atoms with van der Waals surface area (Å²) in [6.07, 6.45) is 4.62. The molecule has 0 fully saturated rings. The number of rotatable bonds is 3. The molecule has 0 aliphatic heterocycles. The van der Waals surface area contributed by atoms with E-state index in [2.05, 4.69) is 5.10 Å². The number of aryl methyl sites for hydroxylation is 1. The van der Waals surface area contributed by atoms with Crippen LogP contribution in [0.25, 0.3) is 0 Å². The van der Waals surface area contributed by atoms with Gasteiger partial charge in [0.25, 0.3) is 0 Å². The van der Waals surface area contributed by atoms with Gasteiger partial charge < -0.3 is 5.73 Å². The second-order valence-electron chi connectivity index (χ2n) is 3.47. The van der Waals surface area contributed by atoms with Crippen molar-refractivity contribution < 1.29 is 0 Å². The smallest absolute Gasteiger partial charge is 0.0931 e. The molecule has 1 unspecified atom stereocenters. The Bertz CT molecular complexity index is 449. The summed E-state index contributed by atoms with van der Waals surface area (Å²) in [5.74, 6) is 0. The van der Waals surface area contributed by atoms with Crippen LogP contribution in [0.3, 0.4) is 0 Å². The first-order chi connectivity index (χ1) is 7.15. The molecule has 2 rings (SSSR count). The number of aromatic nitrogens is 2. The van der Waals surface area contributed by atoms with Crippen LogP contribution in [-0.2, 0) is 13.5 Å². The fraction of sp³-hybridized carbons (Fsp3) is 0.300. The number of nitrogens with zero attached hydrogens (tertiary/aromatic N) is 2. The molecule has 15 heavy (non-hydrogen) atoms. The van der Waals surface area contributed by atoms with Gasteiger partial charge in [-0.25, -0.2) is 0 Å². The Morgan fingerprint density at radius 1 is 1.60 bits per heavy atom. The first kappa shape index (κ1) is 10.7. The van der Waals surface area contributed by atoms with Gasteiger partial charge in [-0.15, -0.1) is 11.3 Å². The van der Waals surface area contributed by atoms with Gasteiger partial charge >= 0.3 is 0 Å². The third-order valence-electron chi connectivity index (χ3n) is 2.17. The summed E-state index contributed by atoms with van der Waals surface area (Å²) in [5.41, 5.74) is 7.21. The molecule has 3 nitrogen and oxygen atoms in total. The average Bonchev–Trinajstić information content (AvgIpc) is 2.75. The van der Waals surface area contributed by atoms with Crippen molar-refractivity contribution in [2.75, 3.05) is 0 Å². The molecule has 0 aromatic carbocycles.